The average molecular weight is 784 g/mol. The summed E-state index contributed by atoms with van der Waals surface area (Å²) in [6.45, 7) is -0.106. The number of rotatable bonds is 4. The van der Waals surface area contributed by atoms with E-state index >= 15 is 0 Å². The molecule has 0 aromatic carbocycles. The molecule has 0 aliphatic heterocycles. The van der Waals surface area contributed by atoms with Crippen LogP contribution in [0.25, 0.3) is 0 Å². The summed E-state index contributed by atoms with van der Waals surface area (Å²) in [5.41, 5.74) is 0. The fourth-order valence-electron chi connectivity index (χ4n) is 0.378. The van der Waals surface area contributed by atoms with E-state index in [4.69, 9.17) is 160 Å². The van der Waals surface area contributed by atoms with Crippen molar-refractivity contribution in [3.8, 4) is 0 Å². The van der Waals surface area contributed by atoms with E-state index in [1.165, 1.54) is 0 Å². The van der Waals surface area contributed by atoms with Gasteiger partial charge in [-0.3, -0.25) is 0 Å². The topological polar surface area (TPSA) is 668 Å². The van der Waals surface area contributed by atoms with E-state index in [9.17, 15) is 9.59 Å². The molecule has 0 amide bonds. The van der Waals surface area contributed by atoms with E-state index in [0.29, 0.717) is 0 Å². The van der Waals surface area contributed by atoms with Gasteiger partial charge in [0.1, 0.15) is 0 Å². The highest BCUT2D eigenvalue weighted by molar-refractivity contribution is 5.57. The van der Waals surface area contributed by atoms with E-state index in [1.807, 2.05) is 0 Å². The number of hydrogen-bond acceptors (Lipinski definition) is 14. The fourth-order valence-corrected chi connectivity index (χ4v) is 0.378. The van der Waals surface area contributed by atoms with Gasteiger partial charge >= 0.3 is 73.9 Å². The number of carboxylic acid groups (broad SMARTS) is 22. The number of ether oxygens (including phenoxy) is 2. The maximum atomic E-state index is 9.72. The van der Waals surface area contributed by atoms with Gasteiger partial charge in [-0.1, -0.05) is 0 Å². The first-order chi connectivity index (χ1) is 22.4. The smallest absolute Gasteiger partial charge is 0.450 e. The molecule has 0 aliphatic rings. The Kier molecular flexibility index (Phi) is 92.7. The van der Waals surface area contributed by atoms with Gasteiger partial charge < -0.3 is 122 Å². The van der Waals surface area contributed by atoms with Gasteiger partial charge in [-0.25, -0.2) is 57.5 Å². The molecule has 0 aliphatic carbocycles. The predicted molar refractivity (Wildman–Crippen MR) is 139 cm³/mol. The maximum absolute atomic E-state index is 9.72. The zero-order chi connectivity index (χ0) is 44.5. The van der Waals surface area contributed by atoms with Crippen LogP contribution in [0.2, 0.25) is 0 Å². The predicted octanol–water partition coefficient (Wildman–Crippen LogP) is 2.99. The minimum Gasteiger partial charge on any atom is -0.450 e. The van der Waals surface area contributed by atoms with Gasteiger partial charge in [0, 0.05) is 6.42 Å². The minimum absolute atomic E-state index is 0.0530. The molecule has 0 radical (unpaired) electrons. The highest BCUT2D eigenvalue weighted by Gasteiger charge is 1.98. The van der Waals surface area contributed by atoms with Gasteiger partial charge in [0.2, 0.25) is 0 Å². The molecule has 0 aromatic rings. The molecule has 0 aromatic heterocycles. The standard InChI is InChI=1S/C5H8O6.10CH2O3/c6-4(7)10-2-1-3-11-5(8)9;10*2-1(3)4/h1-3H2,(H,6,7)(H,8,9);10*(H2,2,3,4). The normalized spacial score (nSPS) is 6.59. The molecule has 0 saturated heterocycles. The lowest BCUT2D eigenvalue weighted by Gasteiger charge is -1.99. The maximum Gasteiger partial charge on any atom is 0.505 e. The monoisotopic (exact) mass is 784 g/mol. The molecule has 304 valence electrons. The molecule has 0 rings (SSSR count). The zero-order valence-corrected chi connectivity index (χ0v) is 23.7. The van der Waals surface area contributed by atoms with Crippen LogP contribution < -0.4 is 0 Å². The van der Waals surface area contributed by atoms with E-state index < -0.39 is 73.9 Å². The molecule has 22 N–H and O–H groups in total. The van der Waals surface area contributed by atoms with Crippen molar-refractivity contribution in [1.29, 1.82) is 0 Å². The molecule has 0 unspecified atom stereocenters. The average Bonchev–Trinajstić information content (AvgIpc) is 2.74. The Morgan fingerprint density at radius 2 is 0.314 bits per heavy atom. The van der Waals surface area contributed by atoms with E-state index in [1.54, 1.807) is 0 Å². The second-order valence-electron chi connectivity index (χ2n) is 4.41. The molecule has 51 heavy (non-hydrogen) atoms. The van der Waals surface area contributed by atoms with Crippen molar-refractivity contribution < 1.29 is 179 Å². The van der Waals surface area contributed by atoms with Crippen molar-refractivity contribution in [2.75, 3.05) is 13.2 Å². The summed E-state index contributed by atoms with van der Waals surface area (Å²) in [4.78, 5) is 105. The number of carbonyl (C=O) groups is 12. The Bertz CT molecular complexity index is 706. The second-order valence-corrected chi connectivity index (χ2v) is 4.41. The van der Waals surface area contributed by atoms with Gasteiger partial charge in [-0.05, 0) is 0 Å². The summed E-state index contributed by atoms with van der Waals surface area (Å²) in [5.74, 6) is 0. The quantitative estimate of drug-likeness (QED) is 0.144. The van der Waals surface area contributed by atoms with Gasteiger partial charge in [-0.15, -0.1) is 0 Å². The van der Waals surface area contributed by atoms with Crippen molar-refractivity contribution in [2.24, 2.45) is 0 Å². The van der Waals surface area contributed by atoms with Crippen molar-refractivity contribution in [2.45, 2.75) is 6.42 Å². The van der Waals surface area contributed by atoms with Crippen LogP contribution in [-0.4, -0.2) is 199 Å². The van der Waals surface area contributed by atoms with Crippen LogP contribution in [0.4, 0.5) is 57.5 Å². The zero-order valence-electron chi connectivity index (χ0n) is 23.7. The van der Waals surface area contributed by atoms with Crippen LogP contribution in [0.5, 0.6) is 0 Å². The summed E-state index contributed by atoms with van der Waals surface area (Å²) in [6.07, 6.45) is -20.8. The lowest BCUT2D eigenvalue weighted by atomic mass is 10.5. The van der Waals surface area contributed by atoms with Crippen LogP contribution >= 0.6 is 0 Å². The molecular formula is C15H28O36. The molecule has 0 bridgehead atoms. The highest BCUT2D eigenvalue weighted by Crippen LogP contribution is 1.85. The molecule has 0 saturated carbocycles. The lowest BCUT2D eigenvalue weighted by Crippen LogP contribution is -2.07. The fraction of sp³-hybridized carbons (Fsp3) is 0.200. The van der Waals surface area contributed by atoms with E-state index in [2.05, 4.69) is 9.47 Å². The first-order valence-electron chi connectivity index (χ1n) is 9.35. The molecule has 0 heterocycles. The molecule has 36 heteroatoms. The van der Waals surface area contributed by atoms with Gasteiger partial charge in [0.25, 0.3) is 0 Å². The molecule has 0 fully saturated rings. The lowest BCUT2D eigenvalue weighted by molar-refractivity contribution is 0.0684. The van der Waals surface area contributed by atoms with Gasteiger partial charge in [0.15, 0.2) is 0 Å². The molecule has 36 nitrogen and oxygen atoms in total. The van der Waals surface area contributed by atoms with E-state index in [0.717, 1.165) is 0 Å². The van der Waals surface area contributed by atoms with Crippen LogP contribution in [0.1, 0.15) is 6.42 Å². The summed E-state index contributed by atoms with van der Waals surface area (Å²) in [5, 5.41) is 155. The third-order valence-electron chi connectivity index (χ3n) is 0.740. The van der Waals surface area contributed by atoms with Crippen molar-refractivity contribution in [3.63, 3.8) is 0 Å². The largest absolute Gasteiger partial charge is 0.505 e. The molecule has 0 spiro atoms. The third-order valence-corrected chi connectivity index (χ3v) is 0.740. The Morgan fingerprint density at radius 1 is 0.235 bits per heavy atom. The van der Waals surface area contributed by atoms with Crippen molar-refractivity contribution in [1.82, 2.24) is 0 Å². The van der Waals surface area contributed by atoms with Crippen LogP contribution in [0, 0.1) is 0 Å². The highest BCUT2D eigenvalue weighted by atomic mass is 16.7. The van der Waals surface area contributed by atoms with Gasteiger partial charge in [0.05, 0.1) is 13.2 Å². The Labute approximate surface area is 274 Å². The summed E-state index contributed by atoms with van der Waals surface area (Å²) in [6, 6.07) is 0. The summed E-state index contributed by atoms with van der Waals surface area (Å²) >= 11 is 0. The molecular weight excluding hydrogens is 756 g/mol. The van der Waals surface area contributed by atoms with Crippen LogP contribution in [-0.2, 0) is 9.47 Å². The Morgan fingerprint density at radius 3 is 0.373 bits per heavy atom. The number of hydrogen-bond donors (Lipinski definition) is 22. The summed E-state index contributed by atoms with van der Waals surface area (Å²) in [7, 11) is 0. The van der Waals surface area contributed by atoms with Crippen molar-refractivity contribution >= 4 is 73.9 Å². The van der Waals surface area contributed by atoms with E-state index in [-0.39, 0.29) is 19.6 Å². The minimum atomic E-state index is -1.83. The third kappa shape index (κ3) is 110000. The second kappa shape index (κ2) is 64.2. The van der Waals surface area contributed by atoms with Crippen LogP contribution in [0.3, 0.4) is 0 Å². The van der Waals surface area contributed by atoms with Crippen LogP contribution in [0.15, 0.2) is 0 Å². The van der Waals surface area contributed by atoms with Gasteiger partial charge in [-0.2, -0.15) is 0 Å². The first-order valence-corrected chi connectivity index (χ1v) is 9.35. The Balaban J connectivity index is -0.0000000395. The molecule has 0 atom stereocenters. The first kappa shape index (κ1) is 73.6. The Hall–Kier alpha value is -8.76. The SMILES string of the molecule is O=C(O)O.O=C(O)O.O=C(O)O.O=C(O)O.O=C(O)O.O=C(O)O.O=C(O)O.O=C(O)O.O=C(O)O.O=C(O)O.O=C(O)OCCCOC(=O)O. The summed E-state index contributed by atoms with van der Waals surface area (Å²) < 4.78 is 8.13. The van der Waals surface area contributed by atoms with Crippen molar-refractivity contribution in [3.05, 3.63) is 0 Å².